The first-order valence-electron chi connectivity index (χ1n) is 6.81. The van der Waals surface area contributed by atoms with Crippen molar-refractivity contribution in [2.45, 2.75) is 23.9 Å². The second-order valence-electron chi connectivity index (χ2n) is 5.76. The van der Waals surface area contributed by atoms with Crippen molar-refractivity contribution in [3.05, 3.63) is 24.2 Å². The van der Waals surface area contributed by atoms with Crippen LogP contribution in [0.5, 0.6) is 0 Å². The maximum atomic E-state index is 12.4. The Hall–Kier alpha value is -1.30. The van der Waals surface area contributed by atoms with E-state index in [1.165, 1.54) is 0 Å². The lowest BCUT2D eigenvalue weighted by molar-refractivity contribution is -0.145. The molecule has 2 bridgehead atoms. The molecule has 4 rings (SSSR count). The fourth-order valence-electron chi connectivity index (χ4n) is 4.04. The normalized spacial score (nSPS) is 41.0. The van der Waals surface area contributed by atoms with E-state index in [0.29, 0.717) is 12.3 Å². The van der Waals surface area contributed by atoms with Crippen LogP contribution in [0.1, 0.15) is 12.2 Å². The Kier molecular flexibility index (Phi) is 2.70. The van der Waals surface area contributed by atoms with Crippen LogP contribution in [0, 0.1) is 23.7 Å². The fourth-order valence-corrected chi connectivity index (χ4v) is 5.08. The van der Waals surface area contributed by atoms with E-state index in [9.17, 15) is 9.59 Å². The molecule has 1 aromatic heterocycles. The van der Waals surface area contributed by atoms with Crippen LogP contribution in [0.4, 0.5) is 0 Å². The highest BCUT2D eigenvalue weighted by molar-refractivity contribution is 9.09. The summed E-state index contributed by atoms with van der Waals surface area (Å²) in [5, 5.41) is 2.87. The Labute approximate surface area is 124 Å². The highest BCUT2D eigenvalue weighted by atomic mass is 79.9. The number of esters is 1. The van der Waals surface area contributed by atoms with Crippen molar-refractivity contribution < 1.29 is 18.7 Å². The molecule has 1 amide bonds. The number of alkyl halides is 1. The summed E-state index contributed by atoms with van der Waals surface area (Å²) in [5.74, 6) is 0.308. The molecular weight excluding hydrogens is 326 g/mol. The summed E-state index contributed by atoms with van der Waals surface area (Å²) in [6, 6.07) is 3.60. The molecule has 2 saturated carbocycles. The van der Waals surface area contributed by atoms with Gasteiger partial charge in [-0.1, -0.05) is 15.9 Å². The highest BCUT2D eigenvalue weighted by Gasteiger charge is 2.67. The first kappa shape index (κ1) is 12.4. The molecule has 0 aromatic carbocycles. The van der Waals surface area contributed by atoms with Gasteiger partial charge in [0.15, 0.2) is 0 Å². The van der Waals surface area contributed by atoms with Crippen LogP contribution < -0.4 is 5.32 Å². The molecule has 1 saturated heterocycles. The first-order valence-corrected chi connectivity index (χ1v) is 7.73. The monoisotopic (exact) mass is 339 g/mol. The molecule has 2 heterocycles. The fraction of sp³-hybridized carbons (Fsp3) is 0.571. The number of ether oxygens (including phenoxy) is 1. The van der Waals surface area contributed by atoms with Crippen LogP contribution in [0.15, 0.2) is 22.8 Å². The van der Waals surface area contributed by atoms with E-state index in [2.05, 4.69) is 21.2 Å². The number of fused-ring (bicyclic) bond motifs is 1. The maximum Gasteiger partial charge on any atom is 0.310 e. The van der Waals surface area contributed by atoms with Crippen molar-refractivity contribution in [3.8, 4) is 0 Å². The van der Waals surface area contributed by atoms with Gasteiger partial charge in [-0.15, -0.1) is 0 Å². The van der Waals surface area contributed by atoms with Gasteiger partial charge in [-0.3, -0.25) is 9.59 Å². The maximum absolute atomic E-state index is 12.4. The van der Waals surface area contributed by atoms with Crippen molar-refractivity contribution in [1.29, 1.82) is 0 Å². The van der Waals surface area contributed by atoms with Gasteiger partial charge in [-0.05, 0) is 24.5 Å². The van der Waals surface area contributed by atoms with E-state index in [1.54, 1.807) is 12.3 Å². The second kappa shape index (κ2) is 4.35. The molecular formula is C14H14BrNO4. The van der Waals surface area contributed by atoms with Crippen LogP contribution in [-0.4, -0.2) is 22.8 Å². The topological polar surface area (TPSA) is 68.5 Å². The molecule has 0 radical (unpaired) electrons. The lowest BCUT2D eigenvalue weighted by atomic mass is 9.79. The third kappa shape index (κ3) is 1.60. The van der Waals surface area contributed by atoms with Crippen LogP contribution in [0.25, 0.3) is 0 Å². The molecule has 2 aliphatic carbocycles. The van der Waals surface area contributed by atoms with Gasteiger partial charge in [0.2, 0.25) is 5.91 Å². The number of furan rings is 1. The lowest BCUT2D eigenvalue weighted by Gasteiger charge is -2.27. The van der Waals surface area contributed by atoms with Crippen molar-refractivity contribution in [3.63, 3.8) is 0 Å². The van der Waals surface area contributed by atoms with Gasteiger partial charge in [0, 0.05) is 5.92 Å². The van der Waals surface area contributed by atoms with Gasteiger partial charge in [0.05, 0.1) is 29.5 Å². The number of rotatable bonds is 3. The predicted octanol–water partition coefficient (Wildman–Crippen LogP) is 1.47. The lowest BCUT2D eigenvalue weighted by Crippen LogP contribution is -2.43. The zero-order valence-corrected chi connectivity index (χ0v) is 12.2. The summed E-state index contributed by atoms with van der Waals surface area (Å²) in [4.78, 5) is 24.5. The zero-order valence-electron chi connectivity index (χ0n) is 10.6. The molecule has 6 atom stereocenters. The van der Waals surface area contributed by atoms with Gasteiger partial charge in [-0.2, -0.15) is 0 Å². The van der Waals surface area contributed by atoms with E-state index in [0.717, 1.165) is 6.42 Å². The standard InChI is InChI=1S/C14H14BrNO4/c15-11-7-4-8-10(14(18)20-12(8)11)9(7)13(17)16-5-6-2-1-3-19-6/h1-3,7-12H,4-5H2,(H,16,17)/t7-,8+,9-,10-,11+,12-/m0/s1. The molecule has 3 aliphatic rings. The SMILES string of the molecule is O=C(NCc1ccco1)[C@H]1[C@@H]2C[C@H]3[C@H](OC(=O)[C@@H]31)[C@@H]2Br. The van der Waals surface area contributed by atoms with Crippen LogP contribution >= 0.6 is 15.9 Å². The summed E-state index contributed by atoms with van der Waals surface area (Å²) in [6.07, 6.45) is 2.44. The van der Waals surface area contributed by atoms with E-state index < -0.39 is 0 Å². The number of hydrogen-bond donors (Lipinski definition) is 1. The van der Waals surface area contributed by atoms with Gasteiger partial charge in [0.1, 0.15) is 11.9 Å². The summed E-state index contributed by atoms with van der Waals surface area (Å²) >= 11 is 3.60. The Bertz CT molecular complexity index is 558. The molecule has 1 N–H and O–H groups in total. The van der Waals surface area contributed by atoms with Crippen molar-refractivity contribution in [1.82, 2.24) is 5.32 Å². The Morgan fingerprint density at radius 3 is 3.05 bits per heavy atom. The molecule has 1 aliphatic heterocycles. The minimum Gasteiger partial charge on any atom is -0.467 e. The smallest absolute Gasteiger partial charge is 0.310 e. The Balaban J connectivity index is 1.51. The molecule has 1 aromatic rings. The Morgan fingerprint density at radius 1 is 1.45 bits per heavy atom. The van der Waals surface area contributed by atoms with Crippen LogP contribution in [0.2, 0.25) is 0 Å². The number of amides is 1. The number of nitrogens with one attached hydrogen (secondary N) is 1. The molecule has 5 nitrogen and oxygen atoms in total. The molecule has 20 heavy (non-hydrogen) atoms. The average Bonchev–Trinajstić information content (AvgIpc) is 3.14. The van der Waals surface area contributed by atoms with E-state index in [1.807, 2.05) is 6.07 Å². The first-order chi connectivity index (χ1) is 9.66. The predicted molar refractivity (Wildman–Crippen MR) is 71.7 cm³/mol. The molecule has 0 spiro atoms. The molecule has 0 unspecified atom stereocenters. The second-order valence-corrected chi connectivity index (χ2v) is 6.82. The van der Waals surface area contributed by atoms with Gasteiger partial charge in [0.25, 0.3) is 0 Å². The van der Waals surface area contributed by atoms with Crippen LogP contribution in [-0.2, 0) is 20.9 Å². The third-order valence-corrected chi connectivity index (χ3v) is 6.04. The average molecular weight is 340 g/mol. The number of carbonyl (C=O) groups excluding carboxylic acids is 2. The van der Waals surface area contributed by atoms with Crippen molar-refractivity contribution in [2.75, 3.05) is 0 Å². The number of carbonyl (C=O) groups is 2. The molecule has 6 heteroatoms. The van der Waals surface area contributed by atoms with Gasteiger partial charge in [-0.25, -0.2) is 0 Å². The summed E-state index contributed by atoms with van der Waals surface area (Å²) in [7, 11) is 0. The largest absolute Gasteiger partial charge is 0.467 e. The quantitative estimate of drug-likeness (QED) is 0.668. The summed E-state index contributed by atoms with van der Waals surface area (Å²) in [6.45, 7) is 0.359. The highest BCUT2D eigenvalue weighted by Crippen LogP contribution is 2.59. The van der Waals surface area contributed by atoms with E-state index in [4.69, 9.17) is 9.15 Å². The van der Waals surface area contributed by atoms with Crippen molar-refractivity contribution in [2.24, 2.45) is 23.7 Å². The number of hydrogen-bond acceptors (Lipinski definition) is 4. The number of halogens is 1. The minimum atomic E-state index is -0.273. The molecule has 106 valence electrons. The van der Waals surface area contributed by atoms with Crippen LogP contribution in [0.3, 0.4) is 0 Å². The van der Waals surface area contributed by atoms with E-state index >= 15 is 0 Å². The van der Waals surface area contributed by atoms with Gasteiger partial charge >= 0.3 is 5.97 Å². The Morgan fingerprint density at radius 2 is 2.30 bits per heavy atom. The van der Waals surface area contributed by atoms with Crippen molar-refractivity contribution >= 4 is 27.8 Å². The zero-order chi connectivity index (χ0) is 13.9. The van der Waals surface area contributed by atoms with Gasteiger partial charge < -0.3 is 14.5 Å². The summed E-state index contributed by atoms with van der Waals surface area (Å²) < 4.78 is 10.6. The minimum absolute atomic E-state index is 0.0355. The molecule has 3 fully saturated rings. The summed E-state index contributed by atoms with van der Waals surface area (Å²) in [5.41, 5.74) is 0. The third-order valence-electron chi connectivity index (χ3n) is 4.84. The van der Waals surface area contributed by atoms with E-state index in [-0.39, 0.29) is 46.5 Å².